The van der Waals surface area contributed by atoms with Crippen LogP contribution in [0.15, 0.2) is 24.3 Å². The molecule has 1 N–H and O–H groups in total. The zero-order valence-corrected chi connectivity index (χ0v) is 13.0. The Morgan fingerprint density at radius 3 is 2.14 bits per heavy atom. The summed E-state index contributed by atoms with van der Waals surface area (Å²) in [6, 6.07) is 7.82. The molecule has 0 bridgehead atoms. The normalized spacial score (nSPS) is 19.0. The summed E-state index contributed by atoms with van der Waals surface area (Å²) in [6.45, 7) is 6.23. The van der Waals surface area contributed by atoms with Crippen molar-refractivity contribution in [3.05, 3.63) is 35.4 Å². The lowest BCUT2D eigenvalue weighted by Gasteiger charge is -2.38. The van der Waals surface area contributed by atoms with Crippen LogP contribution >= 0.6 is 0 Å². The summed E-state index contributed by atoms with van der Waals surface area (Å²) < 4.78 is 0. The highest BCUT2D eigenvalue weighted by Gasteiger charge is 2.32. The molecule has 2 saturated heterocycles. The van der Waals surface area contributed by atoms with Gasteiger partial charge in [-0.2, -0.15) is 0 Å². The van der Waals surface area contributed by atoms with Crippen molar-refractivity contribution < 1.29 is 9.59 Å². The maximum absolute atomic E-state index is 12.5. The lowest BCUT2D eigenvalue weighted by atomic mass is 10.0. The van der Waals surface area contributed by atoms with Crippen molar-refractivity contribution in [1.82, 2.24) is 15.1 Å². The molecule has 1 aromatic rings. The second-order valence-corrected chi connectivity index (χ2v) is 6.02. The number of carbonyl (C=O) groups is 2. The minimum Gasteiger partial charge on any atom is -0.339 e. The minimum absolute atomic E-state index is 0.0695. The summed E-state index contributed by atoms with van der Waals surface area (Å²) in [5, 5.41) is 3.13. The van der Waals surface area contributed by atoms with Gasteiger partial charge in [0.2, 0.25) is 5.91 Å². The largest absolute Gasteiger partial charge is 0.339 e. The summed E-state index contributed by atoms with van der Waals surface area (Å²) in [5.74, 6) is 0.446. The topological polar surface area (TPSA) is 52.7 Å². The van der Waals surface area contributed by atoms with Crippen molar-refractivity contribution in [2.75, 3.05) is 39.3 Å². The third kappa shape index (κ3) is 2.99. The van der Waals surface area contributed by atoms with E-state index in [1.165, 1.54) is 5.56 Å². The molecule has 0 aliphatic carbocycles. The van der Waals surface area contributed by atoms with Gasteiger partial charge in [0.15, 0.2) is 0 Å². The molecule has 2 heterocycles. The number of aryl methyl sites for hydroxylation is 1. The first-order chi connectivity index (χ1) is 10.7. The molecule has 2 aliphatic heterocycles. The van der Waals surface area contributed by atoms with E-state index in [0.29, 0.717) is 26.2 Å². The van der Waals surface area contributed by atoms with E-state index in [2.05, 4.69) is 12.2 Å². The van der Waals surface area contributed by atoms with Crippen LogP contribution in [0, 0.1) is 5.92 Å². The van der Waals surface area contributed by atoms with E-state index < -0.39 is 0 Å². The second-order valence-electron chi connectivity index (χ2n) is 6.02. The molecule has 2 fully saturated rings. The fourth-order valence-corrected chi connectivity index (χ4v) is 2.92. The van der Waals surface area contributed by atoms with Gasteiger partial charge in [0, 0.05) is 44.8 Å². The van der Waals surface area contributed by atoms with Gasteiger partial charge < -0.3 is 15.1 Å². The van der Waals surface area contributed by atoms with Crippen LogP contribution in [-0.2, 0) is 11.2 Å². The highest BCUT2D eigenvalue weighted by atomic mass is 16.2. The van der Waals surface area contributed by atoms with E-state index in [9.17, 15) is 9.59 Å². The van der Waals surface area contributed by atoms with Crippen LogP contribution in [-0.4, -0.2) is 60.9 Å². The van der Waals surface area contributed by atoms with Crippen LogP contribution < -0.4 is 5.32 Å². The zero-order chi connectivity index (χ0) is 15.5. The lowest BCUT2D eigenvalue weighted by Crippen LogP contribution is -2.57. The Bertz CT molecular complexity index is 544. The van der Waals surface area contributed by atoms with E-state index in [-0.39, 0.29) is 17.7 Å². The van der Waals surface area contributed by atoms with Gasteiger partial charge in [-0.25, -0.2) is 0 Å². The number of nitrogens with one attached hydrogen (secondary N) is 1. The fraction of sp³-hybridized carbons (Fsp3) is 0.529. The van der Waals surface area contributed by atoms with Crippen LogP contribution in [0.25, 0.3) is 0 Å². The molecule has 0 atom stereocenters. The van der Waals surface area contributed by atoms with Gasteiger partial charge in [-0.15, -0.1) is 0 Å². The number of carbonyl (C=O) groups excluding carboxylic acids is 2. The molecule has 0 radical (unpaired) electrons. The number of piperazine rings is 1. The average molecular weight is 301 g/mol. The van der Waals surface area contributed by atoms with Gasteiger partial charge in [0.25, 0.3) is 5.91 Å². The monoisotopic (exact) mass is 301 g/mol. The Balaban J connectivity index is 1.55. The molecule has 0 aromatic heterocycles. The highest BCUT2D eigenvalue weighted by Crippen LogP contribution is 2.14. The van der Waals surface area contributed by atoms with Gasteiger partial charge in [-0.1, -0.05) is 19.1 Å². The van der Waals surface area contributed by atoms with E-state index in [4.69, 9.17) is 0 Å². The van der Waals surface area contributed by atoms with Gasteiger partial charge in [-0.05, 0) is 24.1 Å². The number of nitrogens with zero attached hydrogens (tertiary/aromatic N) is 2. The first-order valence-corrected chi connectivity index (χ1v) is 8.06. The van der Waals surface area contributed by atoms with E-state index >= 15 is 0 Å². The molecule has 5 heteroatoms. The Kier molecular flexibility index (Phi) is 4.43. The molecule has 0 unspecified atom stereocenters. The molecule has 1 aromatic carbocycles. The summed E-state index contributed by atoms with van der Waals surface area (Å²) in [5.41, 5.74) is 1.97. The number of benzene rings is 1. The Morgan fingerprint density at radius 1 is 1.05 bits per heavy atom. The van der Waals surface area contributed by atoms with Gasteiger partial charge in [0.1, 0.15) is 0 Å². The molecule has 0 spiro atoms. The zero-order valence-electron chi connectivity index (χ0n) is 13.0. The molecular formula is C17H23N3O2. The first-order valence-electron chi connectivity index (χ1n) is 8.06. The van der Waals surface area contributed by atoms with E-state index in [1.54, 1.807) is 0 Å². The molecule has 2 amide bonds. The Labute approximate surface area is 131 Å². The van der Waals surface area contributed by atoms with Crippen LogP contribution in [0.3, 0.4) is 0 Å². The van der Waals surface area contributed by atoms with Crippen molar-refractivity contribution in [3.63, 3.8) is 0 Å². The summed E-state index contributed by atoms with van der Waals surface area (Å²) in [7, 11) is 0. The van der Waals surface area contributed by atoms with E-state index in [0.717, 1.165) is 25.1 Å². The standard InChI is InChI=1S/C17H23N3O2/c1-2-13-3-5-14(6-4-13)16(21)19-7-9-20(10-8-19)17(22)15-11-18-12-15/h3-6,15,18H,2,7-12H2,1H3. The first kappa shape index (κ1) is 15.0. The van der Waals surface area contributed by atoms with Crippen LogP contribution in [0.5, 0.6) is 0 Å². The molecule has 2 aliphatic rings. The second kappa shape index (κ2) is 6.48. The number of hydrogen-bond donors (Lipinski definition) is 1. The van der Waals surface area contributed by atoms with Gasteiger partial charge in [0.05, 0.1) is 5.92 Å². The average Bonchev–Trinajstić information content (AvgIpc) is 2.53. The smallest absolute Gasteiger partial charge is 0.253 e. The summed E-state index contributed by atoms with van der Waals surface area (Å²) in [4.78, 5) is 28.4. The Morgan fingerprint density at radius 2 is 1.64 bits per heavy atom. The lowest BCUT2D eigenvalue weighted by molar-refractivity contribution is -0.138. The SMILES string of the molecule is CCc1ccc(C(=O)N2CCN(C(=O)C3CNC3)CC2)cc1. The van der Waals surface area contributed by atoms with Crippen LogP contribution in [0.2, 0.25) is 0 Å². The number of amides is 2. The minimum atomic E-state index is 0.0695. The summed E-state index contributed by atoms with van der Waals surface area (Å²) >= 11 is 0. The third-order valence-corrected chi connectivity index (χ3v) is 4.62. The molecule has 0 saturated carbocycles. The van der Waals surface area contributed by atoms with Crippen LogP contribution in [0.1, 0.15) is 22.8 Å². The van der Waals surface area contributed by atoms with Crippen LogP contribution in [0.4, 0.5) is 0 Å². The van der Waals surface area contributed by atoms with Crippen molar-refractivity contribution in [1.29, 1.82) is 0 Å². The van der Waals surface area contributed by atoms with Crippen molar-refractivity contribution >= 4 is 11.8 Å². The molecule has 5 nitrogen and oxygen atoms in total. The van der Waals surface area contributed by atoms with Gasteiger partial charge in [-0.3, -0.25) is 9.59 Å². The van der Waals surface area contributed by atoms with Crippen molar-refractivity contribution in [2.45, 2.75) is 13.3 Å². The predicted molar refractivity (Wildman–Crippen MR) is 84.7 cm³/mol. The maximum atomic E-state index is 12.5. The number of rotatable bonds is 3. The van der Waals surface area contributed by atoms with Gasteiger partial charge >= 0.3 is 0 Å². The molecule has 22 heavy (non-hydrogen) atoms. The van der Waals surface area contributed by atoms with Crippen molar-refractivity contribution in [2.24, 2.45) is 5.92 Å². The van der Waals surface area contributed by atoms with Crippen molar-refractivity contribution in [3.8, 4) is 0 Å². The summed E-state index contributed by atoms with van der Waals surface area (Å²) in [6.07, 6.45) is 0.977. The molecular weight excluding hydrogens is 278 g/mol. The predicted octanol–water partition coefficient (Wildman–Crippen LogP) is 0.753. The maximum Gasteiger partial charge on any atom is 0.253 e. The fourth-order valence-electron chi connectivity index (χ4n) is 2.92. The molecule has 3 rings (SSSR count). The highest BCUT2D eigenvalue weighted by molar-refractivity contribution is 5.94. The Hall–Kier alpha value is -1.88. The molecule has 118 valence electrons. The van der Waals surface area contributed by atoms with E-state index in [1.807, 2.05) is 34.1 Å². The third-order valence-electron chi connectivity index (χ3n) is 4.62. The quantitative estimate of drug-likeness (QED) is 0.896. The number of hydrogen-bond acceptors (Lipinski definition) is 3.